The van der Waals surface area contributed by atoms with Gasteiger partial charge in [-0.1, -0.05) is 0 Å². The van der Waals surface area contributed by atoms with Crippen molar-refractivity contribution in [3.63, 3.8) is 0 Å². The molecule has 2 heterocycles. The molecule has 2 aromatic heterocycles. The van der Waals surface area contributed by atoms with Crippen molar-refractivity contribution in [3.05, 3.63) is 23.3 Å². The third-order valence-corrected chi connectivity index (χ3v) is 2.68. The molecule has 2 rings (SSSR count). The number of aryl methyl sites for hydroxylation is 1. The summed E-state index contributed by atoms with van der Waals surface area (Å²) in [7, 11) is 1.83. The van der Waals surface area contributed by atoms with E-state index in [1.54, 1.807) is 17.5 Å². The average molecular weight is 206 g/mol. The standard InChI is InChI=1S/C9H10N4S/c1-6-5-14-9(12-6)8-11-4-3-7(10-2)13-8/h3-5H,1-2H3,(H,10,11,13). The van der Waals surface area contributed by atoms with Crippen LogP contribution in [0.1, 0.15) is 5.69 Å². The van der Waals surface area contributed by atoms with Gasteiger partial charge in [0, 0.05) is 24.3 Å². The van der Waals surface area contributed by atoms with E-state index in [2.05, 4.69) is 20.3 Å². The van der Waals surface area contributed by atoms with Gasteiger partial charge >= 0.3 is 0 Å². The van der Waals surface area contributed by atoms with Gasteiger partial charge in [-0.05, 0) is 13.0 Å². The van der Waals surface area contributed by atoms with Crippen LogP contribution in [0.25, 0.3) is 10.8 Å². The highest BCUT2D eigenvalue weighted by atomic mass is 32.1. The molecule has 0 saturated carbocycles. The molecule has 0 fully saturated rings. The van der Waals surface area contributed by atoms with Crippen LogP contribution < -0.4 is 5.32 Å². The maximum atomic E-state index is 4.32. The third kappa shape index (κ3) is 1.72. The summed E-state index contributed by atoms with van der Waals surface area (Å²) >= 11 is 1.56. The van der Waals surface area contributed by atoms with Crippen molar-refractivity contribution in [3.8, 4) is 10.8 Å². The van der Waals surface area contributed by atoms with Crippen LogP contribution in [0.5, 0.6) is 0 Å². The number of anilines is 1. The second-order valence-electron chi connectivity index (χ2n) is 2.81. The third-order valence-electron chi connectivity index (χ3n) is 1.72. The molecule has 2 aromatic rings. The van der Waals surface area contributed by atoms with Gasteiger partial charge in [0.25, 0.3) is 0 Å². The second-order valence-corrected chi connectivity index (χ2v) is 3.67. The van der Waals surface area contributed by atoms with Crippen LogP contribution in [0.2, 0.25) is 0 Å². The van der Waals surface area contributed by atoms with Gasteiger partial charge in [0.2, 0.25) is 0 Å². The molecule has 0 saturated heterocycles. The summed E-state index contributed by atoms with van der Waals surface area (Å²) in [5.41, 5.74) is 1.00. The van der Waals surface area contributed by atoms with Crippen molar-refractivity contribution in [2.24, 2.45) is 0 Å². The zero-order chi connectivity index (χ0) is 9.97. The number of hydrogen-bond donors (Lipinski definition) is 1. The van der Waals surface area contributed by atoms with Crippen molar-refractivity contribution in [2.45, 2.75) is 6.92 Å². The highest BCUT2D eigenvalue weighted by Gasteiger charge is 2.05. The largest absolute Gasteiger partial charge is 0.373 e. The van der Waals surface area contributed by atoms with Gasteiger partial charge in [0.05, 0.1) is 0 Å². The Bertz CT molecular complexity index is 438. The molecule has 0 aliphatic rings. The summed E-state index contributed by atoms with van der Waals surface area (Å²) in [5, 5.41) is 5.82. The zero-order valence-electron chi connectivity index (χ0n) is 7.98. The maximum Gasteiger partial charge on any atom is 0.190 e. The van der Waals surface area contributed by atoms with E-state index in [1.807, 2.05) is 25.4 Å². The average Bonchev–Trinajstić information content (AvgIpc) is 2.65. The van der Waals surface area contributed by atoms with E-state index >= 15 is 0 Å². The molecule has 0 spiro atoms. The van der Waals surface area contributed by atoms with Crippen molar-refractivity contribution in [2.75, 3.05) is 12.4 Å². The van der Waals surface area contributed by atoms with E-state index in [4.69, 9.17) is 0 Å². The van der Waals surface area contributed by atoms with E-state index in [0.29, 0.717) is 5.82 Å². The smallest absolute Gasteiger partial charge is 0.190 e. The van der Waals surface area contributed by atoms with Crippen LogP contribution in [0.15, 0.2) is 17.6 Å². The highest BCUT2D eigenvalue weighted by Crippen LogP contribution is 2.20. The minimum absolute atomic E-state index is 0.676. The lowest BCUT2D eigenvalue weighted by Crippen LogP contribution is -1.95. The van der Waals surface area contributed by atoms with Gasteiger partial charge in [-0.15, -0.1) is 11.3 Å². The lowest BCUT2D eigenvalue weighted by molar-refractivity contribution is 1.14. The topological polar surface area (TPSA) is 50.7 Å². The molecule has 1 N–H and O–H groups in total. The Hall–Kier alpha value is -1.49. The molecule has 4 nitrogen and oxygen atoms in total. The van der Waals surface area contributed by atoms with E-state index in [-0.39, 0.29) is 0 Å². The number of thiazole rings is 1. The Kier molecular flexibility index (Phi) is 2.41. The van der Waals surface area contributed by atoms with Gasteiger partial charge in [0.1, 0.15) is 5.82 Å². The van der Waals surface area contributed by atoms with E-state index < -0.39 is 0 Å². The molecule has 0 amide bonds. The normalized spacial score (nSPS) is 10.1. The van der Waals surface area contributed by atoms with Gasteiger partial charge in [-0.25, -0.2) is 15.0 Å². The summed E-state index contributed by atoms with van der Waals surface area (Å²) in [5.74, 6) is 1.48. The number of hydrogen-bond acceptors (Lipinski definition) is 5. The molecular formula is C9H10N4S. The Labute approximate surface area is 86.1 Å². The van der Waals surface area contributed by atoms with Crippen molar-refractivity contribution in [1.82, 2.24) is 15.0 Å². The van der Waals surface area contributed by atoms with Gasteiger partial charge in [-0.3, -0.25) is 0 Å². The van der Waals surface area contributed by atoms with Crippen molar-refractivity contribution < 1.29 is 0 Å². The first kappa shape index (κ1) is 9.08. The zero-order valence-corrected chi connectivity index (χ0v) is 8.80. The Morgan fingerprint density at radius 3 is 2.86 bits per heavy atom. The van der Waals surface area contributed by atoms with E-state index in [9.17, 15) is 0 Å². The fourth-order valence-electron chi connectivity index (χ4n) is 1.06. The first-order valence-corrected chi connectivity index (χ1v) is 5.11. The van der Waals surface area contributed by atoms with Gasteiger partial charge in [0.15, 0.2) is 10.8 Å². The number of rotatable bonds is 2. The number of aromatic nitrogens is 3. The van der Waals surface area contributed by atoms with Crippen LogP contribution in [-0.4, -0.2) is 22.0 Å². The van der Waals surface area contributed by atoms with Crippen LogP contribution >= 0.6 is 11.3 Å². The SMILES string of the molecule is CNc1ccnc(-c2nc(C)cs2)n1. The molecule has 0 unspecified atom stereocenters. The second kappa shape index (κ2) is 3.71. The first-order chi connectivity index (χ1) is 6.79. The predicted octanol–water partition coefficient (Wildman–Crippen LogP) is 1.95. The Balaban J connectivity index is 2.41. The molecule has 72 valence electrons. The monoisotopic (exact) mass is 206 g/mol. The number of nitrogens with one attached hydrogen (secondary N) is 1. The summed E-state index contributed by atoms with van der Waals surface area (Å²) in [4.78, 5) is 12.8. The molecule has 14 heavy (non-hydrogen) atoms. The molecule has 0 bridgehead atoms. The van der Waals surface area contributed by atoms with E-state index in [1.165, 1.54) is 0 Å². The van der Waals surface area contributed by atoms with Gasteiger partial charge in [-0.2, -0.15) is 0 Å². The maximum absolute atomic E-state index is 4.32. The van der Waals surface area contributed by atoms with Crippen LogP contribution in [0.3, 0.4) is 0 Å². The van der Waals surface area contributed by atoms with Crippen molar-refractivity contribution in [1.29, 1.82) is 0 Å². The summed E-state index contributed by atoms with van der Waals surface area (Å²) in [6.07, 6.45) is 1.73. The van der Waals surface area contributed by atoms with Crippen LogP contribution in [-0.2, 0) is 0 Å². The molecule has 5 heteroatoms. The minimum atomic E-state index is 0.676. The minimum Gasteiger partial charge on any atom is -0.373 e. The lowest BCUT2D eigenvalue weighted by Gasteiger charge is -1.99. The summed E-state index contributed by atoms with van der Waals surface area (Å²) in [6.45, 7) is 1.96. The Morgan fingerprint density at radius 1 is 1.36 bits per heavy atom. The fraction of sp³-hybridized carbons (Fsp3) is 0.222. The molecule has 0 aliphatic carbocycles. The van der Waals surface area contributed by atoms with Crippen molar-refractivity contribution >= 4 is 17.2 Å². The van der Waals surface area contributed by atoms with Crippen LogP contribution in [0.4, 0.5) is 5.82 Å². The molecular weight excluding hydrogens is 196 g/mol. The van der Waals surface area contributed by atoms with Gasteiger partial charge < -0.3 is 5.32 Å². The van der Waals surface area contributed by atoms with E-state index in [0.717, 1.165) is 16.5 Å². The molecule has 0 atom stereocenters. The quantitative estimate of drug-likeness (QED) is 0.816. The Morgan fingerprint density at radius 2 is 2.21 bits per heavy atom. The molecule has 0 aromatic carbocycles. The summed E-state index contributed by atoms with van der Waals surface area (Å²) < 4.78 is 0. The molecule has 0 radical (unpaired) electrons. The molecule has 0 aliphatic heterocycles. The predicted molar refractivity (Wildman–Crippen MR) is 57.4 cm³/mol. The summed E-state index contributed by atoms with van der Waals surface area (Å²) in [6, 6.07) is 1.82. The first-order valence-electron chi connectivity index (χ1n) is 4.23. The highest BCUT2D eigenvalue weighted by molar-refractivity contribution is 7.13. The fourth-order valence-corrected chi connectivity index (χ4v) is 1.79. The number of nitrogens with zero attached hydrogens (tertiary/aromatic N) is 3. The van der Waals surface area contributed by atoms with Crippen LogP contribution in [0, 0.1) is 6.92 Å². The lowest BCUT2D eigenvalue weighted by atomic mass is 10.5.